The summed E-state index contributed by atoms with van der Waals surface area (Å²) in [6.07, 6.45) is 11.5. The second-order valence-electron chi connectivity index (χ2n) is 16.7. The number of piperidine rings is 2. The van der Waals surface area contributed by atoms with Crippen LogP contribution in [0.15, 0.2) is 48.8 Å². The molecule has 0 bridgehead atoms. The van der Waals surface area contributed by atoms with Crippen molar-refractivity contribution < 1.29 is 28.1 Å². The third kappa shape index (κ3) is 13.1. The van der Waals surface area contributed by atoms with Gasteiger partial charge in [-0.25, -0.2) is 19.9 Å². The second kappa shape index (κ2) is 24.1. The van der Waals surface area contributed by atoms with Crippen LogP contribution in [-0.2, 0) is 28.1 Å². The molecule has 0 aromatic carbocycles. The first-order valence-electron chi connectivity index (χ1n) is 21.6. The van der Waals surface area contributed by atoms with Crippen LogP contribution in [-0.4, -0.2) is 158 Å². The second-order valence-corrected chi connectivity index (χ2v) is 19.3. The molecule has 4 aromatic rings. The minimum Gasteiger partial charge on any atom is -0.377 e. The Hall–Kier alpha value is -5.29. The summed E-state index contributed by atoms with van der Waals surface area (Å²) in [5.41, 5.74) is 2.78. The van der Waals surface area contributed by atoms with E-state index >= 15 is 0 Å². The zero-order valence-electron chi connectivity index (χ0n) is 37.8. The Kier molecular flexibility index (Phi) is 18.7. The number of aromatic nitrogens is 6. The Balaban J connectivity index is 0.000000171. The molecule has 3 N–H and O–H groups in total. The molecule has 0 saturated carbocycles. The van der Waals surface area contributed by atoms with Crippen molar-refractivity contribution in [2.45, 2.75) is 57.7 Å². The van der Waals surface area contributed by atoms with Crippen molar-refractivity contribution in [2.75, 3.05) is 109 Å². The van der Waals surface area contributed by atoms with E-state index in [1.54, 1.807) is 25.6 Å². The molecule has 5 aliphatic heterocycles. The van der Waals surface area contributed by atoms with E-state index in [0.29, 0.717) is 76.6 Å². The number of nitrogens with one attached hydrogen (secondary N) is 3. The standard InChI is InChI=1S/C18H24N6O.C13H19N5.C5H10NO2P.C5H5NO.C3H4O2/c1-13-4-8-24(18(5-6-19)10-25-11-18)9-15(13)23(2)17-14-3-7-20-16(14)21-12-22-17;1-9-3-5-14-7-11(9)18(2)13-10-4-6-15-12(10)16-8-17-13;1-3-8-9(2,7)5-4-6;6-2-1-5-3-7-4-5;4-3-1-5-2-3/h3,7,12-13,15H,4-5,8-11H2,1-2H3,(H,20,21,22);4,6,8-9,11,14H,3,5,7H2,1-2H3,(H,15,16,17);3,5H2,1-2H3;1H,3-4H2;1-2H2/t13-,15+;9-,11+;;;/m11.../s1. The number of ether oxygens (including phenoxy) is 3. The molecule has 1 unspecified atom stereocenters. The number of likely N-dealkylation sites (N-methyl/N-ethyl adjacent to an activating group) is 2. The fourth-order valence-corrected chi connectivity index (χ4v) is 8.87. The third-order valence-electron chi connectivity index (χ3n) is 12.0. The van der Waals surface area contributed by atoms with Crippen LogP contribution in [0.25, 0.3) is 22.1 Å². The monoisotopic (exact) mass is 899 g/mol. The van der Waals surface area contributed by atoms with E-state index in [4.69, 9.17) is 24.5 Å². The maximum Gasteiger partial charge on any atom is 0.213 e. The van der Waals surface area contributed by atoms with Crippen molar-refractivity contribution in [3.8, 4) is 18.2 Å². The summed E-state index contributed by atoms with van der Waals surface area (Å²) in [6.45, 7) is 15.7. The van der Waals surface area contributed by atoms with Gasteiger partial charge in [-0.15, -0.1) is 0 Å². The summed E-state index contributed by atoms with van der Waals surface area (Å²) < 4.78 is 30.5. The summed E-state index contributed by atoms with van der Waals surface area (Å²) >= 11 is 0. The first-order valence-corrected chi connectivity index (χ1v) is 23.9. The van der Waals surface area contributed by atoms with Gasteiger partial charge in [0.15, 0.2) is 5.78 Å². The lowest BCUT2D eigenvalue weighted by atomic mass is 9.84. The van der Waals surface area contributed by atoms with Crippen molar-refractivity contribution in [1.29, 1.82) is 15.8 Å². The average Bonchev–Trinajstić information content (AvgIpc) is 3.94. The number of nitrogens with zero attached hydrogens (tertiary/aromatic N) is 10. The molecule has 344 valence electrons. The fourth-order valence-electron chi connectivity index (χ4n) is 7.98. The Morgan fingerprint density at radius 1 is 0.891 bits per heavy atom. The number of hydrogen-bond acceptors (Lipinski definition) is 17. The van der Waals surface area contributed by atoms with E-state index < -0.39 is 7.37 Å². The van der Waals surface area contributed by atoms with Gasteiger partial charge >= 0.3 is 0 Å². The van der Waals surface area contributed by atoms with E-state index in [1.807, 2.05) is 30.6 Å². The molecule has 5 fully saturated rings. The highest BCUT2D eigenvalue weighted by molar-refractivity contribution is 7.58. The Morgan fingerprint density at radius 2 is 1.47 bits per heavy atom. The quantitative estimate of drug-likeness (QED) is 0.152. The van der Waals surface area contributed by atoms with Crippen LogP contribution in [0.2, 0.25) is 0 Å². The third-order valence-corrected chi connectivity index (χ3v) is 13.5. The lowest BCUT2D eigenvalue weighted by Gasteiger charge is -2.53. The molecule has 5 aliphatic rings. The van der Waals surface area contributed by atoms with Gasteiger partial charge in [0.05, 0.1) is 74.0 Å². The number of likely N-dealkylation sites (tertiary alicyclic amines) is 1. The highest BCUT2D eigenvalue weighted by Crippen LogP contribution is 2.41. The van der Waals surface area contributed by atoms with Gasteiger partial charge in [0, 0.05) is 64.4 Å². The number of fused-ring (bicyclic) bond motifs is 2. The fraction of sp³-hybridized carbons (Fsp3) is 0.591. The van der Waals surface area contributed by atoms with Crippen LogP contribution in [0, 0.1) is 45.8 Å². The Morgan fingerprint density at radius 3 is 1.91 bits per heavy atom. The molecule has 19 nitrogen and oxygen atoms in total. The molecular formula is C44H62N13O6P. The molecular weight excluding hydrogens is 838 g/mol. The molecule has 0 spiro atoms. The number of nitriles is 3. The molecule has 0 radical (unpaired) electrons. The number of aromatic amines is 2. The number of carbonyl (C=O) groups is 1. The van der Waals surface area contributed by atoms with Gasteiger partial charge in [0.2, 0.25) is 7.37 Å². The van der Waals surface area contributed by atoms with E-state index in [1.165, 1.54) is 19.2 Å². The average molecular weight is 900 g/mol. The van der Waals surface area contributed by atoms with Gasteiger partial charge in [0.1, 0.15) is 55.0 Å². The van der Waals surface area contributed by atoms with Gasteiger partial charge in [0.25, 0.3) is 0 Å². The van der Waals surface area contributed by atoms with Crippen LogP contribution in [0.3, 0.4) is 0 Å². The smallest absolute Gasteiger partial charge is 0.213 e. The predicted molar refractivity (Wildman–Crippen MR) is 244 cm³/mol. The highest BCUT2D eigenvalue weighted by Gasteiger charge is 2.47. The molecule has 9 rings (SSSR count). The number of Topliss-reactive ketones (excluding diaryl/α,β-unsaturated/α-hetero) is 1. The number of carbonyl (C=O) groups excluding carboxylic acids is 1. The summed E-state index contributed by atoms with van der Waals surface area (Å²) in [4.78, 5) is 40.6. The van der Waals surface area contributed by atoms with Crippen LogP contribution in [0.4, 0.5) is 11.6 Å². The van der Waals surface area contributed by atoms with Crippen LogP contribution >= 0.6 is 7.37 Å². The lowest BCUT2D eigenvalue weighted by molar-refractivity contribution is -0.147. The summed E-state index contributed by atoms with van der Waals surface area (Å²) in [5.74, 6) is 3.43. The van der Waals surface area contributed by atoms with E-state index in [2.05, 4.69) is 88.7 Å². The molecule has 5 saturated heterocycles. The van der Waals surface area contributed by atoms with E-state index in [0.717, 1.165) is 71.9 Å². The summed E-state index contributed by atoms with van der Waals surface area (Å²) in [5, 5.41) is 31.0. The van der Waals surface area contributed by atoms with Crippen molar-refractivity contribution in [3.05, 3.63) is 48.8 Å². The first kappa shape index (κ1) is 49.7. The number of ketones is 1. The van der Waals surface area contributed by atoms with E-state index in [-0.39, 0.29) is 17.5 Å². The molecule has 64 heavy (non-hydrogen) atoms. The molecule has 5 atom stereocenters. The molecule has 9 heterocycles. The number of allylic oxidation sites excluding steroid dienone is 1. The highest BCUT2D eigenvalue weighted by atomic mass is 31.2. The van der Waals surface area contributed by atoms with Gasteiger partial charge in [-0.1, -0.05) is 13.8 Å². The Bertz CT molecular complexity index is 2320. The number of H-pyrrole nitrogens is 2. The zero-order chi connectivity index (χ0) is 46.1. The van der Waals surface area contributed by atoms with E-state index in [9.17, 15) is 14.6 Å². The minimum absolute atomic E-state index is 0.0147. The zero-order valence-corrected chi connectivity index (χ0v) is 38.7. The van der Waals surface area contributed by atoms with Crippen LogP contribution < -0.4 is 15.1 Å². The number of hydrogen-bond donors (Lipinski definition) is 3. The molecule has 0 aliphatic carbocycles. The largest absolute Gasteiger partial charge is 0.377 e. The van der Waals surface area contributed by atoms with Crippen molar-refractivity contribution >= 4 is 46.9 Å². The minimum atomic E-state index is -2.55. The van der Waals surface area contributed by atoms with Crippen molar-refractivity contribution in [2.24, 2.45) is 11.8 Å². The Labute approximate surface area is 375 Å². The topological polar surface area (TPSA) is 247 Å². The maximum atomic E-state index is 11.0. The summed E-state index contributed by atoms with van der Waals surface area (Å²) in [6, 6.07) is 11.0. The molecule has 0 amide bonds. The first-order chi connectivity index (χ1) is 30.9. The van der Waals surface area contributed by atoms with Gasteiger partial charge in [-0.05, 0) is 62.4 Å². The number of anilines is 2. The normalized spacial score (nSPS) is 22.9. The molecule has 20 heteroatoms. The number of rotatable bonds is 9. The molecule has 4 aromatic heterocycles. The summed E-state index contributed by atoms with van der Waals surface area (Å²) in [7, 11) is 1.69. The van der Waals surface area contributed by atoms with Crippen molar-refractivity contribution in [1.82, 2.24) is 40.1 Å². The van der Waals surface area contributed by atoms with Gasteiger partial charge in [-0.2, -0.15) is 15.8 Å². The van der Waals surface area contributed by atoms with Gasteiger partial charge in [-0.3, -0.25) is 14.3 Å². The van der Waals surface area contributed by atoms with Gasteiger partial charge < -0.3 is 43.8 Å². The van der Waals surface area contributed by atoms with Crippen LogP contribution in [0.5, 0.6) is 0 Å². The SMILES string of the molecule is CCOP(C)(=O)CC#N.C[C@@H]1CCN(C2(CC#N)COC2)C[C@@H]1N(C)c1ncnc2[nH]ccc12.C[C@@H]1CCNC[C@@H]1N(C)c1ncnc2[nH]ccc12.N#CC=C1COC1.O=C1COC1. The maximum absolute atomic E-state index is 11.0. The lowest BCUT2D eigenvalue weighted by Crippen LogP contribution is -2.66. The van der Waals surface area contributed by atoms with Crippen LogP contribution in [0.1, 0.15) is 40.0 Å². The predicted octanol–water partition coefficient (Wildman–Crippen LogP) is 4.69. The van der Waals surface area contributed by atoms with Crippen molar-refractivity contribution in [3.63, 3.8) is 0 Å².